The fraction of sp³-hybridized carbons (Fsp3) is 0.143. The van der Waals surface area contributed by atoms with Crippen LogP contribution in [0.5, 0.6) is 0 Å². The third kappa shape index (κ3) is 2.41. The largest absolute Gasteiger partial charge is 0.346 e. The summed E-state index contributed by atoms with van der Waals surface area (Å²) in [7, 11) is 1.62. The zero-order chi connectivity index (χ0) is 16.0. The van der Waals surface area contributed by atoms with Gasteiger partial charge in [0, 0.05) is 22.5 Å². The molecule has 0 radical (unpaired) electrons. The van der Waals surface area contributed by atoms with Gasteiger partial charge >= 0.3 is 6.03 Å². The van der Waals surface area contributed by atoms with Gasteiger partial charge in [0.05, 0.1) is 5.69 Å². The molecule has 2 aromatic rings. The number of nitrogens with zero attached hydrogens (tertiary/aromatic N) is 5. The van der Waals surface area contributed by atoms with Crippen LogP contribution in [0.25, 0.3) is 11.3 Å². The van der Waals surface area contributed by atoms with Crippen molar-refractivity contribution in [1.29, 1.82) is 0 Å². The number of aromatic nitrogens is 1. The fourth-order valence-corrected chi connectivity index (χ4v) is 3.41. The fourth-order valence-electron chi connectivity index (χ4n) is 2.32. The highest BCUT2D eigenvalue weighted by Gasteiger charge is 2.36. The zero-order valence-electron chi connectivity index (χ0n) is 12.0. The minimum Gasteiger partial charge on any atom is -0.256 e. The van der Waals surface area contributed by atoms with Crippen molar-refractivity contribution in [3.63, 3.8) is 0 Å². The number of hydrogen-bond donors (Lipinski definition) is 1. The minimum absolute atomic E-state index is 0.182. The molecule has 0 saturated heterocycles. The van der Waals surface area contributed by atoms with Gasteiger partial charge in [0.25, 0.3) is 0 Å². The highest BCUT2D eigenvalue weighted by atomic mass is 79.9. The van der Waals surface area contributed by atoms with Crippen molar-refractivity contribution in [2.45, 2.75) is 0 Å². The van der Waals surface area contributed by atoms with E-state index < -0.39 is 0 Å². The SMILES string of the molecule is CN1NN=C2C(c3nc(-c4ccc(Br)cc4)cs3)=NCN2C1=O. The molecule has 7 nitrogen and oxygen atoms in total. The Kier molecular flexibility index (Phi) is 3.38. The summed E-state index contributed by atoms with van der Waals surface area (Å²) in [5, 5.41) is 8.25. The summed E-state index contributed by atoms with van der Waals surface area (Å²) in [4.78, 5) is 22.6. The number of amides is 2. The van der Waals surface area contributed by atoms with Crippen molar-refractivity contribution in [2.24, 2.45) is 10.1 Å². The maximum atomic E-state index is 12.1. The van der Waals surface area contributed by atoms with E-state index in [1.165, 1.54) is 21.2 Å². The van der Waals surface area contributed by atoms with Crippen molar-refractivity contribution >= 4 is 44.8 Å². The molecule has 1 aromatic carbocycles. The third-order valence-corrected chi connectivity index (χ3v) is 4.89. The number of carbonyl (C=O) groups excluding carboxylic acids is 1. The van der Waals surface area contributed by atoms with Crippen molar-refractivity contribution in [3.05, 3.63) is 39.1 Å². The Hall–Kier alpha value is -2.26. The molecular weight excluding hydrogens is 380 g/mol. The standard InChI is InChI=1S/C14H11BrN6OS/c1-20-14(22)21-7-16-11(12(21)18-19-20)13-17-10(6-23-13)8-2-4-9(15)5-3-8/h2-6,19H,7H2,1H3. The maximum Gasteiger partial charge on any atom is 0.346 e. The van der Waals surface area contributed by atoms with Gasteiger partial charge in [-0.15, -0.1) is 16.4 Å². The number of urea groups is 1. The molecule has 0 fully saturated rings. The van der Waals surface area contributed by atoms with Crippen LogP contribution in [0.4, 0.5) is 4.79 Å². The van der Waals surface area contributed by atoms with Gasteiger partial charge in [0.15, 0.2) is 5.84 Å². The molecule has 0 bridgehead atoms. The number of aliphatic imine (C=N–C) groups is 1. The number of benzene rings is 1. The van der Waals surface area contributed by atoms with Crippen LogP contribution < -0.4 is 5.53 Å². The molecule has 0 saturated carbocycles. The van der Waals surface area contributed by atoms with Crippen molar-refractivity contribution in [1.82, 2.24) is 20.4 Å². The van der Waals surface area contributed by atoms with Gasteiger partial charge in [-0.1, -0.05) is 28.1 Å². The van der Waals surface area contributed by atoms with E-state index in [1.54, 1.807) is 7.05 Å². The normalized spacial score (nSPS) is 16.9. The molecule has 2 aliphatic heterocycles. The van der Waals surface area contributed by atoms with Crippen molar-refractivity contribution in [2.75, 3.05) is 13.7 Å². The second-order valence-corrected chi connectivity index (χ2v) is 6.77. The summed E-state index contributed by atoms with van der Waals surface area (Å²) in [6.45, 7) is 0.270. The number of hydrazone groups is 1. The van der Waals surface area contributed by atoms with Gasteiger partial charge in [-0.3, -0.25) is 9.89 Å². The molecule has 0 atom stereocenters. The lowest BCUT2D eigenvalue weighted by Crippen LogP contribution is -2.53. The number of halogens is 1. The monoisotopic (exact) mass is 390 g/mol. The van der Waals surface area contributed by atoms with E-state index >= 15 is 0 Å². The van der Waals surface area contributed by atoms with Crippen LogP contribution in [0.1, 0.15) is 5.01 Å². The summed E-state index contributed by atoms with van der Waals surface area (Å²) in [5.41, 5.74) is 5.23. The quantitative estimate of drug-likeness (QED) is 0.855. The van der Waals surface area contributed by atoms with Crippen LogP contribution in [-0.2, 0) is 0 Å². The second kappa shape index (κ2) is 5.43. The topological polar surface area (TPSA) is 73.2 Å². The second-order valence-electron chi connectivity index (χ2n) is 5.00. The van der Waals surface area contributed by atoms with E-state index in [9.17, 15) is 4.79 Å². The molecule has 2 aliphatic rings. The summed E-state index contributed by atoms with van der Waals surface area (Å²) in [6.07, 6.45) is 0. The van der Waals surface area contributed by atoms with Gasteiger partial charge in [0.1, 0.15) is 17.4 Å². The number of rotatable bonds is 2. The summed E-state index contributed by atoms with van der Waals surface area (Å²) in [6, 6.07) is 7.78. The number of fused-ring (bicyclic) bond motifs is 1. The van der Waals surface area contributed by atoms with Crippen molar-refractivity contribution in [3.8, 4) is 11.3 Å². The summed E-state index contributed by atoms with van der Waals surface area (Å²) in [5.74, 6) is 0.518. The number of nitrogens with one attached hydrogen (secondary N) is 1. The van der Waals surface area contributed by atoms with E-state index in [4.69, 9.17) is 0 Å². The first-order valence-electron chi connectivity index (χ1n) is 6.79. The molecule has 1 aromatic heterocycles. The van der Waals surface area contributed by atoms with Crippen LogP contribution in [-0.4, -0.2) is 46.2 Å². The number of carbonyl (C=O) groups is 1. The van der Waals surface area contributed by atoms with Crippen LogP contribution in [0.15, 0.2) is 44.2 Å². The third-order valence-electron chi connectivity index (χ3n) is 3.51. The number of hydrogen-bond acceptors (Lipinski definition) is 6. The van der Waals surface area contributed by atoms with E-state index in [0.717, 1.165) is 20.7 Å². The molecular formula is C14H11BrN6OS. The highest BCUT2D eigenvalue weighted by Crippen LogP contribution is 2.26. The van der Waals surface area contributed by atoms with Crippen LogP contribution >= 0.6 is 27.3 Å². The van der Waals surface area contributed by atoms with Gasteiger partial charge in [-0.25, -0.2) is 20.3 Å². The van der Waals surface area contributed by atoms with Gasteiger partial charge in [-0.05, 0) is 12.1 Å². The lowest BCUT2D eigenvalue weighted by Gasteiger charge is -2.28. The molecule has 0 aliphatic carbocycles. The number of hydrazine groups is 1. The first kappa shape index (κ1) is 14.3. The predicted octanol–water partition coefficient (Wildman–Crippen LogP) is 2.52. The molecule has 2 amide bonds. The Balaban J connectivity index is 1.65. The molecule has 0 spiro atoms. The van der Waals surface area contributed by atoms with Gasteiger partial charge in [-0.2, -0.15) is 0 Å². The van der Waals surface area contributed by atoms with Crippen LogP contribution in [0, 0.1) is 0 Å². The summed E-state index contributed by atoms with van der Waals surface area (Å²) >= 11 is 4.91. The highest BCUT2D eigenvalue weighted by molar-refractivity contribution is 9.10. The molecule has 23 heavy (non-hydrogen) atoms. The molecule has 4 rings (SSSR count). The Labute approximate surface area is 144 Å². The zero-order valence-corrected chi connectivity index (χ0v) is 14.4. The average Bonchev–Trinajstić information content (AvgIpc) is 3.18. The Morgan fingerprint density at radius 2 is 2.09 bits per heavy atom. The number of thiazole rings is 1. The Morgan fingerprint density at radius 3 is 2.87 bits per heavy atom. The van der Waals surface area contributed by atoms with E-state index in [2.05, 4.69) is 36.5 Å². The molecule has 3 heterocycles. The van der Waals surface area contributed by atoms with E-state index in [-0.39, 0.29) is 12.7 Å². The van der Waals surface area contributed by atoms with E-state index in [1.807, 2.05) is 29.6 Å². The molecule has 116 valence electrons. The van der Waals surface area contributed by atoms with Crippen LogP contribution in [0.3, 0.4) is 0 Å². The smallest absolute Gasteiger partial charge is 0.256 e. The average molecular weight is 391 g/mol. The first-order chi connectivity index (χ1) is 11.1. The molecule has 0 unspecified atom stereocenters. The summed E-state index contributed by atoms with van der Waals surface area (Å²) < 4.78 is 1.03. The predicted molar refractivity (Wildman–Crippen MR) is 92.2 cm³/mol. The first-order valence-corrected chi connectivity index (χ1v) is 8.46. The van der Waals surface area contributed by atoms with Crippen molar-refractivity contribution < 1.29 is 4.79 Å². The Morgan fingerprint density at radius 1 is 1.30 bits per heavy atom. The lowest BCUT2D eigenvalue weighted by molar-refractivity contribution is 0.159. The molecule has 1 N–H and O–H groups in total. The molecule has 9 heteroatoms. The van der Waals surface area contributed by atoms with Gasteiger partial charge in [0.2, 0.25) is 0 Å². The van der Waals surface area contributed by atoms with Crippen LogP contribution in [0.2, 0.25) is 0 Å². The lowest BCUT2D eigenvalue weighted by atomic mass is 10.2. The van der Waals surface area contributed by atoms with Gasteiger partial charge < -0.3 is 0 Å². The van der Waals surface area contributed by atoms with E-state index in [0.29, 0.717) is 11.5 Å². The Bertz CT molecular complexity index is 843. The maximum absolute atomic E-state index is 12.1. The minimum atomic E-state index is -0.182. The number of amidine groups is 1.